The molecule has 1 atom stereocenters. The van der Waals surface area contributed by atoms with Crippen molar-refractivity contribution in [3.8, 4) is 23.0 Å². The number of nitrogens with zero attached hydrogens (tertiary/aromatic N) is 7. The minimum Gasteiger partial charge on any atom is -0.494 e. The highest BCUT2D eigenvalue weighted by atomic mass is 35.5. The van der Waals surface area contributed by atoms with Crippen LogP contribution in [-0.2, 0) is 7.05 Å². The predicted octanol–water partition coefficient (Wildman–Crippen LogP) is 5.23. The van der Waals surface area contributed by atoms with E-state index in [1.807, 2.05) is 42.5 Å². The summed E-state index contributed by atoms with van der Waals surface area (Å²) in [7, 11) is 4.95. The maximum atomic E-state index is 14.2. The van der Waals surface area contributed by atoms with Gasteiger partial charge in [0.2, 0.25) is 5.88 Å². The van der Waals surface area contributed by atoms with Gasteiger partial charge in [0.05, 0.1) is 31.1 Å². The van der Waals surface area contributed by atoms with E-state index in [1.54, 1.807) is 43.1 Å². The van der Waals surface area contributed by atoms with Crippen LogP contribution < -0.4 is 14.4 Å². The summed E-state index contributed by atoms with van der Waals surface area (Å²) in [5, 5.41) is 8.98. The standard InChI is InChI=1S/C28H26ClN7O3/c1-15(2)35-26-24(31-27(35)17-8-11-22(39-5)30-14-17)28(37)36(25(26)16-6-9-18(29)10-7-16)19-12-20-23(21(13-19)38-4)32-33-34(20)3/h6-15,25H,1-5H3/t25-/m0/s1. The number of carbonyl (C=O) groups is 1. The molecule has 4 heterocycles. The van der Waals surface area contributed by atoms with Crippen molar-refractivity contribution in [2.24, 2.45) is 7.05 Å². The van der Waals surface area contributed by atoms with Crippen LogP contribution in [0.5, 0.6) is 11.6 Å². The van der Waals surface area contributed by atoms with E-state index >= 15 is 0 Å². The predicted molar refractivity (Wildman–Crippen MR) is 148 cm³/mol. The molecule has 5 aromatic rings. The number of amides is 1. The van der Waals surface area contributed by atoms with Gasteiger partial charge in [0.25, 0.3) is 5.91 Å². The Morgan fingerprint density at radius 3 is 2.44 bits per heavy atom. The molecule has 0 fully saturated rings. The van der Waals surface area contributed by atoms with E-state index in [0.717, 1.165) is 22.3 Å². The molecule has 0 unspecified atom stereocenters. The molecule has 0 bridgehead atoms. The lowest BCUT2D eigenvalue weighted by molar-refractivity contribution is 0.0989. The minimum absolute atomic E-state index is 0.000748. The smallest absolute Gasteiger partial charge is 0.279 e. The summed E-state index contributed by atoms with van der Waals surface area (Å²) in [4.78, 5) is 25.3. The quantitative estimate of drug-likeness (QED) is 0.289. The number of benzene rings is 2. The number of carbonyl (C=O) groups excluding carboxylic acids is 1. The third kappa shape index (κ3) is 3.90. The van der Waals surface area contributed by atoms with E-state index < -0.39 is 6.04 Å². The number of aryl methyl sites for hydroxylation is 1. The molecule has 11 heteroatoms. The number of aromatic nitrogens is 6. The van der Waals surface area contributed by atoms with Crippen molar-refractivity contribution in [1.82, 2.24) is 29.5 Å². The molecule has 0 N–H and O–H groups in total. The average Bonchev–Trinajstić information content (AvgIpc) is 3.60. The second-order valence-electron chi connectivity index (χ2n) is 9.58. The summed E-state index contributed by atoms with van der Waals surface area (Å²) in [6, 6.07) is 14.5. The third-order valence-electron chi connectivity index (χ3n) is 6.96. The fraction of sp³-hybridized carbons (Fsp3) is 0.250. The van der Waals surface area contributed by atoms with Gasteiger partial charge >= 0.3 is 0 Å². The van der Waals surface area contributed by atoms with Crippen LogP contribution >= 0.6 is 11.6 Å². The van der Waals surface area contributed by atoms with Gasteiger partial charge in [0, 0.05) is 42.0 Å². The molecule has 198 valence electrons. The topological polar surface area (TPSA) is 100 Å². The van der Waals surface area contributed by atoms with Gasteiger partial charge in [-0.25, -0.2) is 14.6 Å². The summed E-state index contributed by atoms with van der Waals surface area (Å²) in [6.07, 6.45) is 1.71. The second-order valence-corrected chi connectivity index (χ2v) is 10.0. The van der Waals surface area contributed by atoms with Crippen LogP contribution in [0.2, 0.25) is 5.02 Å². The summed E-state index contributed by atoms with van der Waals surface area (Å²) in [5.74, 6) is 1.48. The Hall–Kier alpha value is -4.44. The molecule has 1 aliphatic rings. The van der Waals surface area contributed by atoms with E-state index in [0.29, 0.717) is 39.4 Å². The monoisotopic (exact) mass is 543 g/mol. The maximum Gasteiger partial charge on any atom is 0.279 e. The Morgan fingerprint density at radius 2 is 1.79 bits per heavy atom. The molecule has 0 radical (unpaired) electrons. The van der Waals surface area contributed by atoms with Gasteiger partial charge in [-0.3, -0.25) is 9.69 Å². The lowest BCUT2D eigenvalue weighted by Crippen LogP contribution is -2.30. The number of rotatable bonds is 6. The van der Waals surface area contributed by atoms with E-state index in [9.17, 15) is 4.79 Å². The molecule has 1 aliphatic heterocycles. The van der Waals surface area contributed by atoms with Crippen molar-refractivity contribution >= 4 is 34.2 Å². The molecule has 39 heavy (non-hydrogen) atoms. The molecule has 1 amide bonds. The molecule has 3 aromatic heterocycles. The van der Waals surface area contributed by atoms with Gasteiger partial charge in [0.1, 0.15) is 11.9 Å². The van der Waals surface area contributed by atoms with Crippen molar-refractivity contribution < 1.29 is 14.3 Å². The molecule has 6 rings (SSSR count). The summed E-state index contributed by atoms with van der Waals surface area (Å²) >= 11 is 6.25. The highest BCUT2D eigenvalue weighted by Crippen LogP contribution is 2.46. The van der Waals surface area contributed by atoms with E-state index in [-0.39, 0.29) is 11.9 Å². The van der Waals surface area contributed by atoms with Gasteiger partial charge in [-0.15, -0.1) is 5.10 Å². The summed E-state index contributed by atoms with van der Waals surface area (Å²) in [6.45, 7) is 4.15. The molecule has 0 saturated heterocycles. The van der Waals surface area contributed by atoms with Crippen LogP contribution in [0.15, 0.2) is 54.7 Å². The number of anilines is 1. The SMILES string of the molecule is COc1ccc(-c2nc3c(n2C(C)C)[C@H](c2ccc(Cl)cc2)N(c2cc(OC)c4nnn(C)c4c2)C3=O)cn1. The number of halogens is 1. The number of hydrogen-bond donors (Lipinski definition) is 0. The Bertz CT molecular complexity index is 1710. The first-order valence-corrected chi connectivity index (χ1v) is 12.8. The van der Waals surface area contributed by atoms with Crippen molar-refractivity contribution in [2.45, 2.75) is 25.9 Å². The molecule has 10 nitrogen and oxygen atoms in total. The minimum atomic E-state index is -0.469. The average molecular weight is 544 g/mol. The zero-order chi connectivity index (χ0) is 27.4. The summed E-state index contributed by atoms with van der Waals surface area (Å²) in [5.41, 5.74) is 4.88. The zero-order valence-corrected chi connectivity index (χ0v) is 22.8. The highest BCUT2D eigenvalue weighted by Gasteiger charge is 2.45. The number of imidazole rings is 1. The fourth-order valence-corrected chi connectivity index (χ4v) is 5.30. The maximum absolute atomic E-state index is 14.2. The van der Waals surface area contributed by atoms with E-state index in [4.69, 9.17) is 26.1 Å². The molecule has 0 saturated carbocycles. The number of ether oxygens (including phenoxy) is 2. The highest BCUT2D eigenvalue weighted by molar-refractivity contribution is 6.30. The first kappa shape index (κ1) is 24.9. The number of methoxy groups -OCH3 is 2. The number of hydrogen-bond acceptors (Lipinski definition) is 7. The first-order valence-electron chi connectivity index (χ1n) is 12.4. The fourth-order valence-electron chi connectivity index (χ4n) is 5.18. The van der Waals surface area contributed by atoms with E-state index in [1.165, 1.54) is 0 Å². The largest absolute Gasteiger partial charge is 0.494 e. The second kappa shape index (κ2) is 9.39. The summed E-state index contributed by atoms with van der Waals surface area (Å²) < 4.78 is 14.6. The van der Waals surface area contributed by atoms with Crippen molar-refractivity contribution in [3.63, 3.8) is 0 Å². The van der Waals surface area contributed by atoms with Crippen LogP contribution in [0.4, 0.5) is 5.69 Å². The van der Waals surface area contributed by atoms with Gasteiger partial charge in [-0.1, -0.05) is 28.9 Å². The lowest BCUT2D eigenvalue weighted by atomic mass is 10.0. The molecule has 0 aliphatic carbocycles. The molecular formula is C28H26ClN7O3. The van der Waals surface area contributed by atoms with E-state index in [2.05, 4.69) is 33.7 Å². The Labute approximate surface area is 229 Å². The molecule has 2 aromatic carbocycles. The first-order chi connectivity index (χ1) is 18.8. The van der Waals surface area contributed by atoms with Crippen molar-refractivity contribution in [1.29, 1.82) is 0 Å². The molecular weight excluding hydrogens is 518 g/mol. The van der Waals surface area contributed by atoms with Gasteiger partial charge in [-0.05, 0) is 43.7 Å². The lowest BCUT2D eigenvalue weighted by Gasteiger charge is -2.28. The number of pyridine rings is 1. The number of fused-ring (bicyclic) bond motifs is 2. The van der Waals surface area contributed by atoms with Gasteiger partial charge in [-0.2, -0.15) is 0 Å². The van der Waals surface area contributed by atoms with Gasteiger partial charge < -0.3 is 14.0 Å². The Morgan fingerprint density at radius 1 is 1.03 bits per heavy atom. The van der Waals surface area contributed by atoms with Gasteiger partial charge in [0.15, 0.2) is 17.0 Å². The normalized spacial score (nSPS) is 14.9. The third-order valence-corrected chi connectivity index (χ3v) is 7.21. The Kier molecular flexibility index (Phi) is 5.99. The van der Waals surface area contributed by atoms with Crippen molar-refractivity contribution in [2.75, 3.05) is 19.1 Å². The van der Waals surface area contributed by atoms with Crippen molar-refractivity contribution in [3.05, 3.63) is 76.7 Å². The molecule has 0 spiro atoms. The Balaban J connectivity index is 1.59. The van der Waals surface area contributed by atoms with Crippen LogP contribution in [0.3, 0.4) is 0 Å². The van der Waals surface area contributed by atoms with Crippen LogP contribution in [0.25, 0.3) is 22.4 Å². The zero-order valence-electron chi connectivity index (χ0n) is 22.1. The van der Waals surface area contributed by atoms with Crippen LogP contribution in [0.1, 0.15) is 47.7 Å². The van der Waals surface area contributed by atoms with Crippen LogP contribution in [0, 0.1) is 0 Å². The van der Waals surface area contributed by atoms with Crippen LogP contribution in [-0.4, -0.2) is 49.7 Å².